The summed E-state index contributed by atoms with van der Waals surface area (Å²) in [7, 11) is 0. The number of pyridine rings is 1. The highest BCUT2D eigenvalue weighted by atomic mass is 19.3. The first-order chi connectivity index (χ1) is 11.2. The van der Waals surface area contributed by atoms with E-state index in [-0.39, 0.29) is 23.7 Å². The predicted octanol–water partition coefficient (Wildman–Crippen LogP) is 3.83. The van der Waals surface area contributed by atoms with E-state index in [0.29, 0.717) is 11.7 Å². The molecule has 3 atom stereocenters. The second-order valence-electron chi connectivity index (χ2n) is 7.57. The lowest BCUT2D eigenvalue weighted by Crippen LogP contribution is -2.49. The first kappa shape index (κ1) is 16.9. The van der Waals surface area contributed by atoms with Gasteiger partial charge >= 0.3 is 6.09 Å². The Balaban J connectivity index is 1.64. The van der Waals surface area contributed by atoms with E-state index < -0.39 is 12.0 Å². The van der Waals surface area contributed by atoms with Crippen LogP contribution in [0.4, 0.5) is 19.4 Å². The number of hydrogen-bond acceptors (Lipinski definition) is 4. The van der Waals surface area contributed by atoms with E-state index >= 15 is 0 Å². The van der Waals surface area contributed by atoms with Gasteiger partial charge in [0, 0.05) is 24.3 Å². The first-order valence-electron chi connectivity index (χ1n) is 8.23. The number of alkyl halides is 2. The second kappa shape index (κ2) is 6.18. The minimum absolute atomic E-state index is 0.0569. The third-order valence-electron chi connectivity index (χ3n) is 4.48. The van der Waals surface area contributed by atoms with Crippen LogP contribution in [0.15, 0.2) is 18.3 Å². The number of nitrogens with zero attached hydrogens (tertiary/aromatic N) is 2. The van der Waals surface area contributed by atoms with Gasteiger partial charge in [-0.25, -0.2) is 18.6 Å². The SMILES string of the molecule is CC(C)(C)OC(=O)N1C[C@H]2C[C@@H](Nc3ccc(C(F)F)cn3)[C@@H]1C2. The molecule has 1 amide bonds. The van der Waals surface area contributed by atoms with Gasteiger partial charge in [0.1, 0.15) is 11.4 Å². The first-order valence-corrected chi connectivity index (χ1v) is 8.23. The predicted molar refractivity (Wildman–Crippen MR) is 86.1 cm³/mol. The minimum atomic E-state index is -2.52. The number of carbonyl (C=O) groups is 1. The molecule has 0 aromatic carbocycles. The Bertz CT molecular complexity index is 601. The molecule has 2 bridgehead atoms. The zero-order valence-corrected chi connectivity index (χ0v) is 14.1. The van der Waals surface area contributed by atoms with E-state index in [1.807, 2.05) is 20.8 Å². The summed E-state index contributed by atoms with van der Waals surface area (Å²) in [6, 6.07) is 3.06. The van der Waals surface area contributed by atoms with Crippen molar-refractivity contribution in [2.24, 2.45) is 5.92 Å². The minimum Gasteiger partial charge on any atom is -0.444 e. The fraction of sp³-hybridized carbons (Fsp3) is 0.647. The number of hydrogen-bond donors (Lipinski definition) is 1. The highest BCUT2D eigenvalue weighted by molar-refractivity contribution is 5.69. The molecule has 0 unspecified atom stereocenters. The molecule has 2 heterocycles. The lowest BCUT2D eigenvalue weighted by atomic mass is 10.1. The number of ether oxygens (including phenoxy) is 1. The maximum atomic E-state index is 12.6. The Kier molecular flexibility index (Phi) is 4.36. The Hall–Kier alpha value is -1.92. The number of rotatable bonds is 3. The molecule has 24 heavy (non-hydrogen) atoms. The Labute approximate surface area is 140 Å². The van der Waals surface area contributed by atoms with Crippen LogP contribution in [0.5, 0.6) is 0 Å². The smallest absolute Gasteiger partial charge is 0.410 e. The van der Waals surface area contributed by atoms with Crippen LogP contribution in [0.25, 0.3) is 0 Å². The summed E-state index contributed by atoms with van der Waals surface area (Å²) >= 11 is 0. The van der Waals surface area contributed by atoms with Crippen LogP contribution in [0.3, 0.4) is 0 Å². The molecule has 2 fully saturated rings. The molecule has 1 N–H and O–H groups in total. The molecule has 3 rings (SSSR count). The lowest BCUT2D eigenvalue weighted by Gasteiger charge is -2.35. The van der Waals surface area contributed by atoms with Crippen molar-refractivity contribution in [1.82, 2.24) is 9.88 Å². The van der Waals surface area contributed by atoms with Crippen LogP contribution < -0.4 is 5.32 Å². The van der Waals surface area contributed by atoms with Gasteiger partial charge < -0.3 is 15.0 Å². The monoisotopic (exact) mass is 339 g/mol. The molecule has 1 aliphatic heterocycles. The van der Waals surface area contributed by atoms with Gasteiger partial charge in [-0.05, 0) is 51.7 Å². The quantitative estimate of drug-likeness (QED) is 0.909. The van der Waals surface area contributed by atoms with E-state index in [9.17, 15) is 13.6 Å². The van der Waals surface area contributed by atoms with Gasteiger partial charge in [-0.2, -0.15) is 0 Å². The third-order valence-corrected chi connectivity index (χ3v) is 4.48. The highest BCUT2D eigenvalue weighted by Crippen LogP contribution is 2.39. The summed E-state index contributed by atoms with van der Waals surface area (Å²) in [5, 5.41) is 3.28. The van der Waals surface area contributed by atoms with Crippen molar-refractivity contribution in [3.63, 3.8) is 0 Å². The summed E-state index contributed by atoms with van der Waals surface area (Å²) in [5.74, 6) is 1.00. The molecule has 1 saturated carbocycles. The molecular formula is C17H23F2N3O2. The van der Waals surface area contributed by atoms with E-state index in [1.165, 1.54) is 12.3 Å². The van der Waals surface area contributed by atoms with Crippen molar-refractivity contribution in [2.75, 3.05) is 11.9 Å². The van der Waals surface area contributed by atoms with Crippen LogP contribution in [-0.2, 0) is 4.74 Å². The average molecular weight is 339 g/mol. The number of anilines is 1. The molecule has 2 aliphatic rings. The fourth-order valence-corrected chi connectivity index (χ4v) is 3.52. The largest absolute Gasteiger partial charge is 0.444 e. The summed E-state index contributed by atoms with van der Waals surface area (Å²) in [5.41, 5.74) is -0.613. The van der Waals surface area contributed by atoms with Gasteiger partial charge in [-0.3, -0.25) is 0 Å². The van der Waals surface area contributed by atoms with Crippen LogP contribution in [-0.4, -0.2) is 40.2 Å². The summed E-state index contributed by atoms with van der Waals surface area (Å²) < 4.78 is 30.6. The van der Waals surface area contributed by atoms with E-state index in [2.05, 4.69) is 10.3 Å². The number of aromatic nitrogens is 1. The number of likely N-dealkylation sites (tertiary alicyclic amines) is 1. The van der Waals surface area contributed by atoms with Gasteiger partial charge in [0.25, 0.3) is 6.43 Å². The maximum absolute atomic E-state index is 12.6. The molecule has 7 heteroatoms. The van der Waals surface area contributed by atoms with Gasteiger partial charge in [0.2, 0.25) is 0 Å². The number of carbonyl (C=O) groups excluding carboxylic acids is 1. The van der Waals surface area contributed by atoms with Gasteiger partial charge in [-0.1, -0.05) is 0 Å². The molecule has 0 radical (unpaired) electrons. The number of amides is 1. The number of piperidine rings is 1. The molecule has 1 saturated heterocycles. The Morgan fingerprint density at radius 2 is 2.12 bits per heavy atom. The van der Waals surface area contributed by atoms with Crippen molar-refractivity contribution < 1.29 is 18.3 Å². The van der Waals surface area contributed by atoms with Gasteiger partial charge in [0.05, 0.1) is 6.04 Å². The molecule has 1 aromatic heterocycles. The Morgan fingerprint density at radius 3 is 2.67 bits per heavy atom. The molecule has 132 valence electrons. The van der Waals surface area contributed by atoms with Crippen LogP contribution in [0, 0.1) is 5.92 Å². The van der Waals surface area contributed by atoms with Gasteiger partial charge in [0.15, 0.2) is 0 Å². The molecule has 0 spiro atoms. The van der Waals surface area contributed by atoms with E-state index in [4.69, 9.17) is 4.74 Å². The van der Waals surface area contributed by atoms with Crippen LogP contribution in [0.1, 0.15) is 45.6 Å². The fourth-order valence-electron chi connectivity index (χ4n) is 3.52. The zero-order chi connectivity index (χ0) is 17.5. The van der Waals surface area contributed by atoms with Crippen molar-refractivity contribution in [3.8, 4) is 0 Å². The van der Waals surface area contributed by atoms with E-state index in [1.54, 1.807) is 11.0 Å². The standard InChI is InChI=1S/C17H23F2N3O2/c1-17(2,3)24-16(23)22-9-10-6-12(13(22)7-10)21-14-5-4-11(8-20-14)15(18)19/h4-5,8,10,12-13,15H,6-7,9H2,1-3H3,(H,20,21)/t10-,12+,13-/m0/s1. The van der Waals surface area contributed by atoms with Gasteiger partial charge in [-0.15, -0.1) is 0 Å². The molecule has 1 aromatic rings. The molecule has 5 nitrogen and oxygen atoms in total. The zero-order valence-electron chi connectivity index (χ0n) is 14.1. The lowest BCUT2D eigenvalue weighted by molar-refractivity contribution is 0.0179. The number of halogens is 2. The molecule has 1 aliphatic carbocycles. The van der Waals surface area contributed by atoms with Crippen molar-refractivity contribution in [1.29, 1.82) is 0 Å². The topological polar surface area (TPSA) is 54.5 Å². The Morgan fingerprint density at radius 1 is 1.38 bits per heavy atom. The van der Waals surface area contributed by atoms with Crippen molar-refractivity contribution >= 4 is 11.9 Å². The normalized spacial score (nSPS) is 26.1. The van der Waals surface area contributed by atoms with Crippen LogP contribution >= 0.6 is 0 Å². The maximum Gasteiger partial charge on any atom is 0.410 e. The second-order valence-corrected chi connectivity index (χ2v) is 7.57. The number of fused-ring (bicyclic) bond motifs is 2. The van der Waals surface area contributed by atoms with E-state index in [0.717, 1.165) is 19.4 Å². The third kappa shape index (κ3) is 3.60. The highest BCUT2D eigenvalue weighted by Gasteiger charge is 2.48. The van der Waals surface area contributed by atoms with Crippen molar-refractivity contribution in [2.45, 2.75) is 57.7 Å². The van der Waals surface area contributed by atoms with Crippen molar-refractivity contribution in [3.05, 3.63) is 23.9 Å². The summed E-state index contributed by atoms with van der Waals surface area (Å²) in [4.78, 5) is 18.2. The average Bonchev–Trinajstić information content (AvgIpc) is 3.06. The number of nitrogens with one attached hydrogen (secondary N) is 1. The molecular weight excluding hydrogens is 316 g/mol. The van der Waals surface area contributed by atoms with Crippen LogP contribution in [0.2, 0.25) is 0 Å². The summed E-state index contributed by atoms with van der Waals surface area (Å²) in [6.45, 7) is 6.27. The summed E-state index contributed by atoms with van der Waals surface area (Å²) in [6.07, 6.45) is 0.263.